The zero-order valence-corrected chi connectivity index (χ0v) is 12.1. The second-order valence-corrected chi connectivity index (χ2v) is 5.31. The minimum atomic E-state index is -0.986. The van der Waals surface area contributed by atoms with Gasteiger partial charge in [0.1, 0.15) is 11.4 Å². The molecule has 1 aliphatic carbocycles. The molecule has 0 atom stereocenters. The molecule has 1 heterocycles. The summed E-state index contributed by atoms with van der Waals surface area (Å²) in [7, 11) is 1.52. The summed E-state index contributed by atoms with van der Waals surface area (Å²) in [5.41, 5.74) is -0.784. The van der Waals surface area contributed by atoms with E-state index in [1.165, 1.54) is 13.1 Å². The molecule has 114 valence electrons. The van der Waals surface area contributed by atoms with E-state index < -0.39 is 11.5 Å². The number of hydrogen-bond donors (Lipinski definition) is 3. The minimum absolute atomic E-state index is 0.202. The van der Waals surface area contributed by atoms with Crippen LogP contribution in [0.1, 0.15) is 49.0 Å². The highest BCUT2D eigenvalue weighted by molar-refractivity contribution is 5.92. The molecule has 3 N–H and O–H groups in total. The number of carbonyl (C=O) groups is 2. The summed E-state index contributed by atoms with van der Waals surface area (Å²) in [6.45, 7) is 0. The molecule has 1 fully saturated rings. The van der Waals surface area contributed by atoms with Crippen LogP contribution in [0.3, 0.4) is 0 Å². The van der Waals surface area contributed by atoms with Crippen molar-refractivity contribution in [3.05, 3.63) is 17.8 Å². The summed E-state index contributed by atoms with van der Waals surface area (Å²) in [4.78, 5) is 23.1. The predicted octanol–water partition coefficient (Wildman–Crippen LogP) is 1.43. The fourth-order valence-corrected chi connectivity index (χ4v) is 2.62. The predicted molar refractivity (Wildman–Crippen MR) is 77.1 cm³/mol. The molecule has 0 saturated heterocycles. The average molecular weight is 292 g/mol. The maximum absolute atomic E-state index is 11.7. The van der Waals surface area contributed by atoms with Gasteiger partial charge in [0, 0.05) is 7.05 Å². The summed E-state index contributed by atoms with van der Waals surface area (Å²) in [5, 5.41) is 22.8. The Kier molecular flexibility index (Phi) is 4.72. The van der Waals surface area contributed by atoms with Gasteiger partial charge >= 0.3 is 5.97 Å². The third-order valence-corrected chi connectivity index (χ3v) is 3.86. The van der Waals surface area contributed by atoms with E-state index in [4.69, 9.17) is 0 Å². The molecule has 7 nitrogen and oxygen atoms in total. The fourth-order valence-electron chi connectivity index (χ4n) is 2.62. The highest BCUT2D eigenvalue weighted by atomic mass is 16.4. The zero-order chi connectivity index (χ0) is 15.3. The summed E-state index contributed by atoms with van der Waals surface area (Å²) < 4.78 is 0. The number of rotatable bonds is 4. The van der Waals surface area contributed by atoms with Gasteiger partial charge in [-0.3, -0.25) is 4.79 Å². The van der Waals surface area contributed by atoms with Gasteiger partial charge in [-0.05, 0) is 25.0 Å². The van der Waals surface area contributed by atoms with Gasteiger partial charge in [-0.1, -0.05) is 25.7 Å². The molecular formula is C14H20N4O3. The Labute approximate surface area is 123 Å². The quantitative estimate of drug-likeness (QED) is 0.725. The number of nitrogens with zero attached hydrogens (tertiary/aromatic N) is 2. The van der Waals surface area contributed by atoms with Crippen LogP contribution < -0.4 is 10.6 Å². The zero-order valence-electron chi connectivity index (χ0n) is 12.1. The summed E-state index contributed by atoms with van der Waals surface area (Å²) in [6.07, 6.45) is 5.00. The van der Waals surface area contributed by atoms with Crippen LogP contribution in [0, 0.1) is 0 Å². The Bertz CT molecular complexity index is 507. The van der Waals surface area contributed by atoms with Crippen molar-refractivity contribution in [2.75, 3.05) is 12.4 Å². The number of carboxylic acid groups (broad SMARTS) is 1. The van der Waals surface area contributed by atoms with Gasteiger partial charge in [-0.2, -0.15) is 0 Å². The fraction of sp³-hybridized carbons (Fsp3) is 0.571. The maximum Gasteiger partial charge on any atom is 0.329 e. The highest BCUT2D eigenvalue weighted by Crippen LogP contribution is 2.30. The van der Waals surface area contributed by atoms with E-state index in [1.807, 2.05) is 0 Å². The van der Waals surface area contributed by atoms with E-state index in [2.05, 4.69) is 20.8 Å². The Balaban J connectivity index is 2.17. The molecule has 0 spiro atoms. The topological polar surface area (TPSA) is 104 Å². The van der Waals surface area contributed by atoms with E-state index in [0.29, 0.717) is 18.7 Å². The number of amides is 1. The molecule has 0 radical (unpaired) electrons. The lowest BCUT2D eigenvalue weighted by Crippen LogP contribution is -2.46. The van der Waals surface area contributed by atoms with Gasteiger partial charge in [0.05, 0.1) is 0 Å². The van der Waals surface area contributed by atoms with Crippen molar-refractivity contribution in [2.45, 2.75) is 44.1 Å². The van der Waals surface area contributed by atoms with E-state index in [9.17, 15) is 14.7 Å². The summed E-state index contributed by atoms with van der Waals surface area (Å²) in [5.74, 6) is -0.801. The molecule has 1 saturated carbocycles. The van der Waals surface area contributed by atoms with Crippen LogP contribution in [-0.4, -0.2) is 39.8 Å². The Morgan fingerprint density at radius 3 is 2.29 bits per heavy atom. The van der Waals surface area contributed by atoms with Crippen LogP contribution >= 0.6 is 0 Å². The van der Waals surface area contributed by atoms with Crippen molar-refractivity contribution < 1.29 is 14.7 Å². The van der Waals surface area contributed by atoms with Gasteiger partial charge < -0.3 is 15.7 Å². The van der Waals surface area contributed by atoms with Crippen LogP contribution in [0.5, 0.6) is 0 Å². The van der Waals surface area contributed by atoms with Gasteiger partial charge in [0.2, 0.25) is 0 Å². The molecule has 1 aromatic heterocycles. The number of carboxylic acids is 1. The summed E-state index contributed by atoms with van der Waals surface area (Å²) >= 11 is 0. The van der Waals surface area contributed by atoms with Crippen molar-refractivity contribution in [1.29, 1.82) is 0 Å². The van der Waals surface area contributed by atoms with Gasteiger partial charge in [0.15, 0.2) is 5.69 Å². The maximum atomic E-state index is 11.7. The number of aromatic nitrogens is 2. The molecule has 2 rings (SSSR count). The van der Waals surface area contributed by atoms with E-state index >= 15 is 0 Å². The van der Waals surface area contributed by atoms with Crippen molar-refractivity contribution in [3.63, 3.8) is 0 Å². The third-order valence-electron chi connectivity index (χ3n) is 3.86. The lowest BCUT2D eigenvalue weighted by molar-refractivity contribution is -0.142. The molecule has 0 aromatic carbocycles. The van der Waals surface area contributed by atoms with Crippen LogP contribution in [-0.2, 0) is 4.79 Å². The van der Waals surface area contributed by atoms with Crippen LogP contribution in [0.25, 0.3) is 0 Å². The van der Waals surface area contributed by atoms with Gasteiger partial charge in [-0.15, -0.1) is 10.2 Å². The first kappa shape index (κ1) is 15.2. The smallest absolute Gasteiger partial charge is 0.329 e. The molecule has 7 heteroatoms. The van der Waals surface area contributed by atoms with Gasteiger partial charge in [-0.25, -0.2) is 4.79 Å². The molecule has 1 amide bonds. The first-order chi connectivity index (χ1) is 10.1. The Morgan fingerprint density at radius 1 is 1.14 bits per heavy atom. The number of hydrogen-bond acceptors (Lipinski definition) is 5. The molecular weight excluding hydrogens is 272 g/mol. The van der Waals surface area contributed by atoms with Crippen LogP contribution in [0.4, 0.5) is 5.82 Å². The molecule has 0 unspecified atom stereocenters. The summed E-state index contributed by atoms with van der Waals surface area (Å²) in [6, 6.07) is 3.12. The molecule has 0 aliphatic heterocycles. The second-order valence-electron chi connectivity index (χ2n) is 5.31. The lowest BCUT2D eigenvalue weighted by atomic mass is 9.90. The monoisotopic (exact) mass is 292 g/mol. The molecule has 21 heavy (non-hydrogen) atoms. The largest absolute Gasteiger partial charge is 0.480 e. The standard InChI is InChI=1S/C14H20N4O3/c1-15-12(19)10-6-7-11(18-17-10)16-14(13(20)21)8-4-2-3-5-9-14/h6-7H,2-5,8-9H2,1H3,(H,15,19)(H,16,18)(H,20,21). The van der Waals surface area contributed by atoms with Crippen LogP contribution in [0.2, 0.25) is 0 Å². The SMILES string of the molecule is CNC(=O)c1ccc(NC2(C(=O)O)CCCCCC2)nn1. The first-order valence-electron chi connectivity index (χ1n) is 7.15. The van der Waals surface area contributed by atoms with Crippen LogP contribution in [0.15, 0.2) is 12.1 Å². The lowest BCUT2D eigenvalue weighted by Gasteiger charge is -2.29. The minimum Gasteiger partial charge on any atom is -0.480 e. The molecule has 1 aromatic rings. The van der Waals surface area contributed by atoms with Gasteiger partial charge in [0.25, 0.3) is 5.91 Å². The normalized spacial score (nSPS) is 17.6. The van der Waals surface area contributed by atoms with Crippen molar-refractivity contribution in [1.82, 2.24) is 15.5 Å². The second kappa shape index (κ2) is 6.51. The first-order valence-corrected chi connectivity index (χ1v) is 7.15. The molecule has 0 bridgehead atoms. The van der Waals surface area contributed by atoms with Crippen molar-refractivity contribution >= 4 is 17.7 Å². The third kappa shape index (κ3) is 3.48. The Morgan fingerprint density at radius 2 is 1.81 bits per heavy atom. The number of aliphatic carboxylic acids is 1. The van der Waals surface area contributed by atoms with Crippen molar-refractivity contribution in [3.8, 4) is 0 Å². The highest BCUT2D eigenvalue weighted by Gasteiger charge is 2.39. The number of anilines is 1. The Hall–Kier alpha value is -2.18. The molecule has 1 aliphatic rings. The van der Waals surface area contributed by atoms with E-state index in [1.54, 1.807) is 6.07 Å². The van der Waals surface area contributed by atoms with E-state index in [0.717, 1.165) is 25.7 Å². The number of carbonyl (C=O) groups excluding carboxylic acids is 1. The average Bonchev–Trinajstić information content (AvgIpc) is 2.74. The number of nitrogens with one attached hydrogen (secondary N) is 2. The van der Waals surface area contributed by atoms with E-state index in [-0.39, 0.29) is 11.6 Å². The van der Waals surface area contributed by atoms with Crippen molar-refractivity contribution in [2.24, 2.45) is 0 Å².